The van der Waals surface area contributed by atoms with E-state index in [1.54, 1.807) is 21.1 Å². The Morgan fingerprint density at radius 2 is 1.69 bits per heavy atom. The molecule has 1 saturated heterocycles. The van der Waals surface area contributed by atoms with Crippen molar-refractivity contribution in [3.05, 3.63) is 57.6 Å². The standard InChI is InChI=1S/C29H40O7/c1-15-7-19-10-21(12-30)23(13-35-29-27(32)18(4)24(31)14-36-29)26(22(19)9-16(15)2)20-8-17(3)28(34-6)25(11-20)33-5/h7-9,11,18,21,23-24,26-27,29-32H,10,12-14H2,1-6H3. The Morgan fingerprint density at radius 3 is 2.36 bits per heavy atom. The van der Waals surface area contributed by atoms with Gasteiger partial charge < -0.3 is 34.3 Å². The first kappa shape index (κ1) is 26.9. The Labute approximate surface area is 214 Å². The zero-order valence-corrected chi connectivity index (χ0v) is 22.2. The number of ether oxygens (including phenoxy) is 4. The number of aliphatic hydroxyl groups is 3. The molecule has 1 fully saturated rings. The Morgan fingerprint density at radius 1 is 0.972 bits per heavy atom. The van der Waals surface area contributed by atoms with Gasteiger partial charge in [0.25, 0.3) is 0 Å². The fourth-order valence-corrected chi connectivity index (χ4v) is 5.79. The molecule has 4 rings (SSSR count). The van der Waals surface area contributed by atoms with Crippen LogP contribution in [0.2, 0.25) is 0 Å². The Kier molecular flexibility index (Phi) is 8.27. The number of benzene rings is 2. The molecule has 0 bridgehead atoms. The molecule has 2 aromatic rings. The summed E-state index contributed by atoms with van der Waals surface area (Å²) in [5.74, 6) is 0.848. The van der Waals surface area contributed by atoms with Crippen LogP contribution in [-0.4, -0.2) is 67.9 Å². The molecule has 7 unspecified atom stereocenters. The second-order valence-corrected chi connectivity index (χ2v) is 10.4. The highest BCUT2D eigenvalue weighted by Crippen LogP contribution is 2.47. The molecule has 1 heterocycles. The second-order valence-electron chi connectivity index (χ2n) is 10.4. The summed E-state index contributed by atoms with van der Waals surface area (Å²) in [5.41, 5.74) is 6.93. The topological polar surface area (TPSA) is 97.6 Å². The smallest absolute Gasteiger partial charge is 0.183 e. The minimum atomic E-state index is -0.927. The highest BCUT2D eigenvalue weighted by atomic mass is 16.7. The molecular formula is C29H40O7. The van der Waals surface area contributed by atoms with Crippen molar-refractivity contribution < 1.29 is 34.3 Å². The van der Waals surface area contributed by atoms with Gasteiger partial charge in [0.15, 0.2) is 17.8 Å². The van der Waals surface area contributed by atoms with E-state index in [9.17, 15) is 15.3 Å². The van der Waals surface area contributed by atoms with Crippen molar-refractivity contribution >= 4 is 0 Å². The monoisotopic (exact) mass is 500 g/mol. The fourth-order valence-electron chi connectivity index (χ4n) is 5.79. The van der Waals surface area contributed by atoms with E-state index < -0.39 is 18.5 Å². The van der Waals surface area contributed by atoms with Crippen molar-refractivity contribution in [3.8, 4) is 11.5 Å². The molecule has 0 spiro atoms. The molecule has 1 aliphatic heterocycles. The number of hydrogen-bond donors (Lipinski definition) is 3. The van der Waals surface area contributed by atoms with E-state index in [1.165, 1.54) is 22.3 Å². The summed E-state index contributed by atoms with van der Waals surface area (Å²) in [6.07, 6.45) is -1.73. The predicted octanol–water partition coefficient (Wildman–Crippen LogP) is 3.27. The molecule has 3 N–H and O–H groups in total. The molecule has 0 radical (unpaired) electrons. The van der Waals surface area contributed by atoms with E-state index in [0.29, 0.717) is 18.1 Å². The van der Waals surface area contributed by atoms with Crippen molar-refractivity contribution in [1.82, 2.24) is 0 Å². The first-order chi connectivity index (χ1) is 17.2. The van der Waals surface area contributed by atoms with Crippen molar-refractivity contribution in [2.45, 2.75) is 58.5 Å². The SMILES string of the molecule is COc1cc(C2c3cc(C)c(C)cc3CC(CO)C2COC2OCC(O)C(C)C2O)cc(C)c1OC. The summed E-state index contributed by atoms with van der Waals surface area (Å²) in [7, 11) is 3.27. The lowest BCUT2D eigenvalue weighted by Gasteiger charge is -2.42. The van der Waals surface area contributed by atoms with Crippen LogP contribution >= 0.6 is 0 Å². The van der Waals surface area contributed by atoms with Crippen LogP contribution in [0.4, 0.5) is 0 Å². The Bertz CT molecular complexity index is 1070. The molecule has 2 aromatic carbocycles. The van der Waals surface area contributed by atoms with Crippen molar-refractivity contribution in [2.24, 2.45) is 17.8 Å². The van der Waals surface area contributed by atoms with Gasteiger partial charge in [-0.3, -0.25) is 0 Å². The van der Waals surface area contributed by atoms with Crippen molar-refractivity contribution in [3.63, 3.8) is 0 Å². The normalized spacial score (nSPS) is 30.1. The zero-order chi connectivity index (χ0) is 26.1. The summed E-state index contributed by atoms with van der Waals surface area (Å²) < 4.78 is 23.1. The molecule has 2 aliphatic rings. The number of rotatable bonds is 7. The maximum Gasteiger partial charge on any atom is 0.183 e. The van der Waals surface area contributed by atoms with Crippen LogP contribution in [0.25, 0.3) is 0 Å². The molecule has 0 saturated carbocycles. The molecule has 0 amide bonds. The largest absolute Gasteiger partial charge is 0.493 e. The van der Waals surface area contributed by atoms with E-state index in [1.807, 2.05) is 13.0 Å². The van der Waals surface area contributed by atoms with E-state index in [4.69, 9.17) is 18.9 Å². The van der Waals surface area contributed by atoms with Gasteiger partial charge in [0.1, 0.15) is 6.10 Å². The van der Waals surface area contributed by atoms with Gasteiger partial charge >= 0.3 is 0 Å². The van der Waals surface area contributed by atoms with Gasteiger partial charge in [0.05, 0.1) is 33.5 Å². The van der Waals surface area contributed by atoms with E-state index in [0.717, 1.165) is 17.5 Å². The minimum Gasteiger partial charge on any atom is -0.493 e. The maximum absolute atomic E-state index is 10.6. The quantitative estimate of drug-likeness (QED) is 0.537. The second kappa shape index (κ2) is 11.1. The summed E-state index contributed by atoms with van der Waals surface area (Å²) in [6.45, 7) is 8.47. The number of aryl methyl sites for hydroxylation is 3. The van der Waals surface area contributed by atoms with Gasteiger partial charge in [-0.15, -0.1) is 0 Å². The Balaban J connectivity index is 1.76. The summed E-state index contributed by atoms with van der Waals surface area (Å²) in [4.78, 5) is 0. The molecule has 1 aliphatic carbocycles. The lowest BCUT2D eigenvalue weighted by atomic mass is 9.66. The van der Waals surface area contributed by atoms with Crippen molar-refractivity contribution in [2.75, 3.05) is 34.0 Å². The molecular weight excluding hydrogens is 460 g/mol. The van der Waals surface area contributed by atoms with E-state index >= 15 is 0 Å². The Hall–Kier alpha value is -2.16. The highest BCUT2D eigenvalue weighted by Gasteiger charge is 2.41. The number of fused-ring (bicyclic) bond motifs is 1. The average Bonchev–Trinajstić information content (AvgIpc) is 2.86. The molecule has 36 heavy (non-hydrogen) atoms. The highest BCUT2D eigenvalue weighted by molar-refractivity contribution is 5.53. The van der Waals surface area contributed by atoms with Gasteiger partial charge in [-0.2, -0.15) is 0 Å². The molecule has 198 valence electrons. The van der Waals surface area contributed by atoms with Gasteiger partial charge in [-0.25, -0.2) is 0 Å². The zero-order valence-electron chi connectivity index (χ0n) is 22.2. The summed E-state index contributed by atoms with van der Waals surface area (Å²) >= 11 is 0. The van der Waals surface area contributed by atoms with Crippen LogP contribution in [0.5, 0.6) is 11.5 Å². The van der Waals surface area contributed by atoms with Crippen LogP contribution < -0.4 is 9.47 Å². The molecule has 7 heteroatoms. The van der Waals surface area contributed by atoms with Crippen LogP contribution in [0.1, 0.15) is 46.2 Å². The third-order valence-corrected chi connectivity index (χ3v) is 8.20. The van der Waals surface area contributed by atoms with Crippen LogP contribution in [0, 0.1) is 38.5 Å². The number of aliphatic hydroxyl groups excluding tert-OH is 3. The van der Waals surface area contributed by atoms with Gasteiger partial charge in [-0.1, -0.05) is 25.1 Å². The third-order valence-electron chi connectivity index (χ3n) is 8.20. The lowest BCUT2D eigenvalue weighted by molar-refractivity contribution is -0.259. The first-order valence-corrected chi connectivity index (χ1v) is 12.7. The lowest BCUT2D eigenvalue weighted by Crippen LogP contribution is -2.50. The summed E-state index contributed by atoms with van der Waals surface area (Å²) in [6, 6.07) is 8.64. The first-order valence-electron chi connectivity index (χ1n) is 12.7. The maximum atomic E-state index is 10.6. The van der Waals surface area contributed by atoms with Crippen LogP contribution in [0.3, 0.4) is 0 Å². The van der Waals surface area contributed by atoms with E-state index in [2.05, 4.69) is 32.0 Å². The van der Waals surface area contributed by atoms with Gasteiger partial charge in [0, 0.05) is 18.4 Å². The summed E-state index contributed by atoms with van der Waals surface area (Å²) in [5, 5.41) is 31.1. The van der Waals surface area contributed by atoms with Gasteiger partial charge in [-0.05, 0) is 78.5 Å². The van der Waals surface area contributed by atoms with Crippen molar-refractivity contribution in [1.29, 1.82) is 0 Å². The van der Waals surface area contributed by atoms with Gasteiger partial charge in [0.2, 0.25) is 0 Å². The predicted molar refractivity (Wildman–Crippen MR) is 137 cm³/mol. The van der Waals surface area contributed by atoms with Crippen LogP contribution in [-0.2, 0) is 15.9 Å². The molecule has 0 aromatic heterocycles. The van der Waals surface area contributed by atoms with E-state index in [-0.39, 0.29) is 36.9 Å². The average molecular weight is 501 g/mol. The minimum absolute atomic E-state index is 0.0202. The number of methoxy groups -OCH3 is 2. The fraction of sp³-hybridized carbons (Fsp3) is 0.586. The molecule has 7 nitrogen and oxygen atoms in total. The third kappa shape index (κ3) is 5.00. The van der Waals surface area contributed by atoms with Crippen LogP contribution in [0.15, 0.2) is 24.3 Å². The number of hydrogen-bond acceptors (Lipinski definition) is 7. The molecule has 7 atom stereocenters.